The Bertz CT molecular complexity index is 636. The summed E-state index contributed by atoms with van der Waals surface area (Å²) in [5.74, 6) is 0.132. The quantitative estimate of drug-likeness (QED) is 0.337. The number of carbonyl (C=O) groups excluding carboxylic acids is 2. The van der Waals surface area contributed by atoms with Crippen LogP contribution in [-0.2, 0) is 19.1 Å². The lowest BCUT2D eigenvalue weighted by atomic mass is 10.1. The molecule has 9 heteroatoms. The van der Waals surface area contributed by atoms with Crippen LogP contribution in [-0.4, -0.2) is 42.8 Å². The molecule has 0 radical (unpaired) electrons. The van der Waals surface area contributed by atoms with Crippen LogP contribution in [0.4, 0.5) is 5.69 Å². The molecule has 1 aliphatic rings. The number of halogens is 1. The summed E-state index contributed by atoms with van der Waals surface area (Å²) in [7, 11) is 0. The zero-order chi connectivity index (χ0) is 17.7. The lowest BCUT2D eigenvalue weighted by molar-refractivity contribution is -0.145. The summed E-state index contributed by atoms with van der Waals surface area (Å²) in [6, 6.07) is 1.85. The second-order valence-electron chi connectivity index (χ2n) is 5.16. The van der Waals surface area contributed by atoms with E-state index in [2.05, 4.69) is 0 Å². The van der Waals surface area contributed by atoms with Gasteiger partial charge in [-0.25, -0.2) is 0 Å². The van der Waals surface area contributed by atoms with Crippen molar-refractivity contribution in [2.75, 3.05) is 23.9 Å². The maximum absolute atomic E-state index is 12.7. The van der Waals surface area contributed by atoms with Crippen molar-refractivity contribution in [1.82, 2.24) is 0 Å². The van der Waals surface area contributed by atoms with Gasteiger partial charge < -0.3 is 14.4 Å². The van der Waals surface area contributed by atoms with E-state index in [9.17, 15) is 9.59 Å². The normalized spacial score (nSPS) is 15.8. The first-order chi connectivity index (χ1) is 11.5. The Morgan fingerprint density at radius 2 is 1.96 bits per heavy atom. The molecule has 1 amide bonds. The van der Waals surface area contributed by atoms with Crippen molar-refractivity contribution < 1.29 is 19.1 Å². The van der Waals surface area contributed by atoms with E-state index < -0.39 is 5.97 Å². The molecule has 0 saturated heterocycles. The van der Waals surface area contributed by atoms with Crippen LogP contribution in [0, 0.1) is 5.41 Å². The first-order valence-corrected chi connectivity index (χ1v) is 9.77. The Kier molecular flexibility index (Phi) is 8.75. The lowest BCUT2D eigenvalue weighted by Gasteiger charge is -2.34. The van der Waals surface area contributed by atoms with Crippen LogP contribution < -0.4 is 4.90 Å². The number of rotatable bonds is 6. The molecular formula is C16H23ClN2O4S2. The molecule has 6 nitrogen and oxygen atoms in total. The highest BCUT2D eigenvalue weighted by molar-refractivity contribution is 8.01. The van der Waals surface area contributed by atoms with Gasteiger partial charge in [0.1, 0.15) is 6.42 Å². The smallest absolute Gasteiger partial charge is 0.315 e. The number of carbonyl (C=O) groups is 2. The molecular weight excluding hydrogens is 384 g/mol. The van der Waals surface area contributed by atoms with Gasteiger partial charge in [0.15, 0.2) is 0 Å². The molecule has 2 heterocycles. The van der Waals surface area contributed by atoms with Gasteiger partial charge in [0.05, 0.1) is 28.0 Å². The van der Waals surface area contributed by atoms with E-state index in [-0.39, 0.29) is 43.3 Å². The molecule has 1 aliphatic heterocycles. The van der Waals surface area contributed by atoms with Crippen LogP contribution in [0.15, 0.2) is 10.3 Å². The first-order valence-electron chi connectivity index (χ1n) is 7.97. The molecule has 0 bridgehead atoms. The number of thiophene rings is 1. The maximum Gasteiger partial charge on any atom is 0.315 e. The number of anilines is 1. The van der Waals surface area contributed by atoms with Gasteiger partial charge >= 0.3 is 5.97 Å². The SMILES string of the molecule is CCOC(=N)c1cc2c(s1)SCC(CC)N2C(=O)CC(=O)OCC.Cl. The van der Waals surface area contributed by atoms with E-state index >= 15 is 0 Å². The average molecular weight is 407 g/mol. The van der Waals surface area contributed by atoms with E-state index in [4.69, 9.17) is 14.9 Å². The number of amides is 1. The number of esters is 1. The minimum atomic E-state index is -0.505. The van der Waals surface area contributed by atoms with Crippen molar-refractivity contribution in [2.24, 2.45) is 0 Å². The highest BCUT2D eigenvalue weighted by atomic mass is 35.5. The molecule has 0 aromatic carbocycles. The zero-order valence-corrected chi connectivity index (χ0v) is 16.9. The molecule has 0 aliphatic carbocycles. The van der Waals surface area contributed by atoms with Gasteiger partial charge in [-0.15, -0.1) is 35.5 Å². The van der Waals surface area contributed by atoms with Crippen molar-refractivity contribution in [3.05, 3.63) is 10.9 Å². The lowest BCUT2D eigenvalue weighted by Crippen LogP contribution is -2.44. The highest BCUT2D eigenvalue weighted by Gasteiger charge is 2.33. The highest BCUT2D eigenvalue weighted by Crippen LogP contribution is 2.44. The van der Waals surface area contributed by atoms with Gasteiger partial charge in [-0.1, -0.05) is 6.92 Å². The van der Waals surface area contributed by atoms with Gasteiger partial charge in [-0.3, -0.25) is 15.0 Å². The van der Waals surface area contributed by atoms with E-state index in [0.29, 0.717) is 11.5 Å². The molecule has 0 saturated carbocycles. The molecule has 25 heavy (non-hydrogen) atoms. The Balaban J connectivity index is 0.00000312. The van der Waals surface area contributed by atoms with Gasteiger partial charge in [0.2, 0.25) is 11.8 Å². The van der Waals surface area contributed by atoms with Crippen molar-refractivity contribution >= 4 is 59.0 Å². The number of nitrogens with one attached hydrogen (secondary N) is 1. The van der Waals surface area contributed by atoms with Crippen molar-refractivity contribution in [3.8, 4) is 0 Å². The topological polar surface area (TPSA) is 79.7 Å². The van der Waals surface area contributed by atoms with Crippen LogP contribution >= 0.6 is 35.5 Å². The van der Waals surface area contributed by atoms with E-state index in [1.165, 1.54) is 11.3 Å². The Hall–Kier alpha value is -1.25. The molecule has 1 atom stereocenters. The first kappa shape index (κ1) is 21.8. The van der Waals surface area contributed by atoms with Crippen LogP contribution in [0.5, 0.6) is 0 Å². The van der Waals surface area contributed by atoms with Gasteiger partial charge in [-0.2, -0.15) is 0 Å². The summed E-state index contributed by atoms with van der Waals surface area (Å²) in [6.45, 7) is 6.27. The second-order valence-corrected chi connectivity index (χ2v) is 7.50. The molecule has 0 spiro atoms. The summed E-state index contributed by atoms with van der Waals surface area (Å²) >= 11 is 3.13. The Morgan fingerprint density at radius 1 is 1.28 bits per heavy atom. The van der Waals surface area contributed by atoms with Crippen LogP contribution in [0.1, 0.15) is 38.5 Å². The molecule has 2 rings (SSSR count). The molecule has 1 aromatic heterocycles. The molecule has 0 fully saturated rings. The average Bonchev–Trinajstić information content (AvgIpc) is 2.98. The number of ether oxygens (including phenoxy) is 2. The van der Waals surface area contributed by atoms with Crippen molar-refractivity contribution in [3.63, 3.8) is 0 Å². The summed E-state index contributed by atoms with van der Waals surface area (Å²) in [6.07, 6.45) is 0.539. The van der Waals surface area contributed by atoms with Crippen molar-refractivity contribution in [2.45, 2.75) is 43.9 Å². The zero-order valence-electron chi connectivity index (χ0n) is 14.5. The minimum Gasteiger partial charge on any atom is -0.477 e. The van der Waals surface area contributed by atoms with Crippen LogP contribution in [0.25, 0.3) is 0 Å². The fourth-order valence-electron chi connectivity index (χ4n) is 2.47. The van der Waals surface area contributed by atoms with E-state index in [1.807, 2.05) is 19.9 Å². The molecule has 1 aromatic rings. The number of fused-ring (bicyclic) bond motifs is 1. The third kappa shape index (κ3) is 5.12. The molecule has 140 valence electrons. The monoisotopic (exact) mass is 406 g/mol. The Morgan fingerprint density at radius 3 is 2.56 bits per heavy atom. The van der Waals surface area contributed by atoms with E-state index in [0.717, 1.165) is 22.1 Å². The van der Waals surface area contributed by atoms with Gasteiger partial charge in [-0.05, 0) is 26.3 Å². The summed E-state index contributed by atoms with van der Waals surface area (Å²) in [5, 5.41) is 7.95. The molecule has 1 N–H and O–H groups in total. The summed E-state index contributed by atoms with van der Waals surface area (Å²) in [5.41, 5.74) is 0.775. The number of hydrogen-bond donors (Lipinski definition) is 1. The van der Waals surface area contributed by atoms with Gasteiger partial charge in [0, 0.05) is 11.8 Å². The third-order valence-electron chi connectivity index (χ3n) is 3.56. The summed E-state index contributed by atoms with van der Waals surface area (Å²) < 4.78 is 11.1. The predicted molar refractivity (Wildman–Crippen MR) is 104 cm³/mol. The minimum absolute atomic E-state index is 0. The summed E-state index contributed by atoms with van der Waals surface area (Å²) in [4.78, 5) is 26.7. The fraction of sp³-hybridized carbons (Fsp3) is 0.562. The van der Waals surface area contributed by atoms with Crippen molar-refractivity contribution in [1.29, 1.82) is 5.41 Å². The number of hydrogen-bond acceptors (Lipinski definition) is 7. The van der Waals surface area contributed by atoms with Gasteiger partial charge in [0.25, 0.3) is 0 Å². The maximum atomic E-state index is 12.7. The fourth-order valence-corrected chi connectivity index (χ4v) is 4.99. The number of nitrogens with zero attached hydrogens (tertiary/aromatic N) is 1. The third-order valence-corrected chi connectivity index (χ3v) is 6.11. The van der Waals surface area contributed by atoms with Crippen LogP contribution in [0.3, 0.4) is 0 Å². The number of thioether (sulfide) groups is 1. The second kappa shape index (κ2) is 10.0. The van der Waals surface area contributed by atoms with Crippen LogP contribution in [0.2, 0.25) is 0 Å². The standard InChI is InChI=1S/C16H22N2O4S2.ClH/c1-4-10-9-23-16-11(7-12(24-16)15(17)22-6-3)18(10)13(19)8-14(20)21-5-2;/h7,10,17H,4-6,8-9H2,1-3H3;1H. The largest absolute Gasteiger partial charge is 0.477 e. The Labute approximate surface area is 162 Å². The molecule has 1 unspecified atom stereocenters. The van der Waals surface area contributed by atoms with E-state index in [1.54, 1.807) is 23.6 Å². The predicted octanol–water partition coefficient (Wildman–Crippen LogP) is 3.70.